The van der Waals surface area contributed by atoms with Gasteiger partial charge in [0, 0.05) is 49.9 Å². The largest absolute Gasteiger partial charge is 0.444 e. The minimum Gasteiger partial charge on any atom is -0.444 e. The van der Waals surface area contributed by atoms with E-state index in [4.69, 9.17) is 4.74 Å². The van der Waals surface area contributed by atoms with Gasteiger partial charge in [-0.1, -0.05) is 0 Å². The first-order chi connectivity index (χ1) is 16.5. The van der Waals surface area contributed by atoms with Gasteiger partial charge in [0.05, 0.1) is 23.0 Å². The number of amides is 2. The Morgan fingerprint density at radius 1 is 1.23 bits per heavy atom. The SMILES string of the molecule is CC(C)N(C)C(=O)c1cc(F)ccc1-n1cc([C@@H]2CCN(C(=O)OC(C)(C)C)C2)c2ccncc21. The van der Waals surface area contributed by atoms with E-state index in [-0.39, 0.29) is 29.5 Å². The Morgan fingerprint density at radius 3 is 2.66 bits per heavy atom. The monoisotopic (exact) mass is 480 g/mol. The van der Waals surface area contributed by atoms with Gasteiger partial charge in [-0.3, -0.25) is 9.78 Å². The number of rotatable bonds is 4. The highest BCUT2D eigenvalue weighted by molar-refractivity contribution is 5.99. The maximum Gasteiger partial charge on any atom is 0.410 e. The first-order valence-electron chi connectivity index (χ1n) is 12.0. The molecule has 3 aromatic rings. The van der Waals surface area contributed by atoms with E-state index in [0.29, 0.717) is 18.8 Å². The molecule has 0 aliphatic carbocycles. The fourth-order valence-corrected chi connectivity index (χ4v) is 4.45. The number of aromatic nitrogens is 2. The molecule has 1 aromatic carbocycles. The zero-order valence-corrected chi connectivity index (χ0v) is 21.2. The molecule has 0 spiro atoms. The lowest BCUT2D eigenvalue weighted by molar-refractivity contribution is 0.0292. The fourth-order valence-electron chi connectivity index (χ4n) is 4.45. The van der Waals surface area contributed by atoms with Crippen molar-refractivity contribution in [2.24, 2.45) is 0 Å². The van der Waals surface area contributed by atoms with Crippen molar-refractivity contribution in [3.05, 3.63) is 59.8 Å². The third-order valence-electron chi connectivity index (χ3n) is 6.46. The molecule has 1 fully saturated rings. The summed E-state index contributed by atoms with van der Waals surface area (Å²) in [4.78, 5) is 33.5. The lowest BCUT2D eigenvalue weighted by atomic mass is 9.98. The van der Waals surface area contributed by atoms with Crippen molar-refractivity contribution in [3.63, 3.8) is 0 Å². The Hall–Kier alpha value is -3.42. The number of carbonyl (C=O) groups excluding carboxylic acids is 2. The Balaban J connectivity index is 1.74. The van der Waals surface area contributed by atoms with Crippen LogP contribution in [0.4, 0.5) is 9.18 Å². The van der Waals surface area contributed by atoms with Gasteiger partial charge in [0.25, 0.3) is 5.91 Å². The first-order valence-corrected chi connectivity index (χ1v) is 12.0. The number of pyridine rings is 1. The fraction of sp³-hybridized carbons (Fsp3) is 0.444. The molecule has 35 heavy (non-hydrogen) atoms. The molecule has 0 saturated carbocycles. The van der Waals surface area contributed by atoms with Crippen molar-refractivity contribution >= 4 is 22.9 Å². The highest BCUT2D eigenvalue weighted by Gasteiger charge is 2.32. The number of hydrogen-bond donors (Lipinski definition) is 0. The van der Waals surface area contributed by atoms with E-state index in [0.717, 1.165) is 22.9 Å². The summed E-state index contributed by atoms with van der Waals surface area (Å²) in [6.07, 6.45) is 5.97. The van der Waals surface area contributed by atoms with Gasteiger partial charge in [-0.25, -0.2) is 9.18 Å². The van der Waals surface area contributed by atoms with E-state index < -0.39 is 11.4 Å². The zero-order valence-electron chi connectivity index (χ0n) is 21.2. The van der Waals surface area contributed by atoms with Gasteiger partial charge < -0.3 is 19.1 Å². The van der Waals surface area contributed by atoms with Crippen molar-refractivity contribution in [2.75, 3.05) is 20.1 Å². The predicted octanol–water partition coefficient (Wildman–Crippen LogP) is 5.37. The second-order valence-corrected chi connectivity index (χ2v) is 10.4. The van der Waals surface area contributed by atoms with Crippen LogP contribution in [0, 0.1) is 5.82 Å². The third-order valence-corrected chi connectivity index (χ3v) is 6.46. The molecular formula is C27H33FN4O3. The molecule has 1 saturated heterocycles. The molecule has 2 amide bonds. The summed E-state index contributed by atoms with van der Waals surface area (Å²) in [7, 11) is 1.71. The molecular weight excluding hydrogens is 447 g/mol. The molecule has 7 nitrogen and oxygen atoms in total. The van der Waals surface area contributed by atoms with E-state index in [2.05, 4.69) is 4.98 Å². The maximum absolute atomic E-state index is 14.2. The number of fused-ring (bicyclic) bond motifs is 1. The second kappa shape index (κ2) is 9.32. The van der Waals surface area contributed by atoms with Gasteiger partial charge in [0.15, 0.2) is 0 Å². The molecule has 4 rings (SSSR count). The number of hydrogen-bond acceptors (Lipinski definition) is 4. The Labute approximate surface area is 205 Å². The normalized spacial score (nSPS) is 16.2. The number of halogens is 1. The van der Waals surface area contributed by atoms with Crippen LogP contribution >= 0.6 is 0 Å². The molecule has 186 valence electrons. The molecule has 0 radical (unpaired) electrons. The van der Waals surface area contributed by atoms with Gasteiger partial charge in [-0.05, 0) is 70.9 Å². The van der Waals surface area contributed by atoms with Gasteiger partial charge in [-0.15, -0.1) is 0 Å². The quantitative estimate of drug-likeness (QED) is 0.504. The van der Waals surface area contributed by atoms with Crippen LogP contribution in [-0.4, -0.2) is 63.1 Å². The number of likely N-dealkylation sites (tertiary alicyclic amines) is 1. The van der Waals surface area contributed by atoms with Crippen LogP contribution in [0.2, 0.25) is 0 Å². The van der Waals surface area contributed by atoms with Crippen LogP contribution in [0.25, 0.3) is 16.6 Å². The third kappa shape index (κ3) is 5.01. The summed E-state index contributed by atoms with van der Waals surface area (Å²) in [6, 6.07) is 6.20. The molecule has 1 aliphatic rings. The second-order valence-electron chi connectivity index (χ2n) is 10.4. The number of ether oxygens (including phenoxy) is 1. The van der Waals surface area contributed by atoms with Crippen molar-refractivity contribution < 1.29 is 18.7 Å². The van der Waals surface area contributed by atoms with Crippen molar-refractivity contribution in [3.8, 4) is 5.69 Å². The first kappa shape index (κ1) is 24.7. The molecule has 1 atom stereocenters. The van der Waals surface area contributed by atoms with Crippen LogP contribution in [-0.2, 0) is 4.74 Å². The Morgan fingerprint density at radius 2 is 1.97 bits per heavy atom. The minimum atomic E-state index is -0.550. The van der Waals surface area contributed by atoms with E-state index in [1.54, 1.807) is 35.3 Å². The molecule has 2 aromatic heterocycles. The topological polar surface area (TPSA) is 67.7 Å². The smallest absolute Gasteiger partial charge is 0.410 e. The molecule has 3 heterocycles. The van der Waals surface area contributed by atoms with Gasteiger partial charge in [-0.2, -0.15) is 0 Å². The Bertz CT molecular complexity index is 1260. The Kier molecular flexibility index (Phi) is 6.58. The lowest BCUT2D eigenvalue weighted by Crippen LogP contribution is -2.35. The van der Waals surface area contributed by atoms with Crippen molar-refractivity contribution in [2.45, 2.75) is 58.6 Å². The average Bonchev–Trinajstić information content (AvgIpc) is 3.42. The van der Waals surface area contributed by atoms with Gasteiger partial charge in [0.2, 0.25) is 0 Å². The molecule has 0 bridgehead atoms. The average molecular weight is 481 g/mol. The number of carbonyl (C=O) groups is 2. The number of benzene rings is 1. The van der Waals surface area contributed by atoms with Crippen molar-refractivity contribution in [1.29, 1.82) is 0 Å². The summed E-state index contributed by atoms with van der Waals surface area (Å²) < 4.78 is 21.7. The van der Waals surface area contributed by atoms with Crippen LogP contribution in [0.5, 0.6) is 0 Å². The van der Waals surface area contributed by atoms with E-state index in [9.17, 15) is 14.0 Å². The predicted molar refractivity (Wildman–Crippen MR) is 133 cm³/mol. The number of nitrogens with zero attached hydrogens (tertiary/aromatic N) is 4. The van der Waals surface area contributed by atoms with E-state index in [1.165, 1.54) is 12.1 Å². The molecule has 1 aliphatic heterocycles. The standard InChI is InChI=1S/C27H33FN4O3/c1-17(2)30(6)25(33)21-13-19(28)7-8-23(21)32-16-22(20-9-11-29-14-24(20)32)18-10-12-31(15-18)26(34)35-27(3,4)5/h7-9,11,13-14,16-18H,10,12,15H2,1-6H3/t18-/m1/s1. The van der Waals surface area contributed by atoms with Gasteiger partial charge in [0.1, 0.15) is 11.4 Å². The van der Waals surface area contributed by atoms with E-state index >= 15 is 0 Å². The zero-order chi connectivity index (χ0) is 25.5. The van der Waals surface area contributed by atoms with Crippen molar-refractivity contribution in [1.82, 2.24) is 19.4 Å². The molecule has 0 unspecified atom stereocenters. The summed E-state index contributed by atoms with van der Waals surface area (Å²) in [6.45, 7) is 10.6. The summed E-state index contributed by atoms with van der Waals surface area (Å²) >= 11 is 0. The van der Waals surface area contributed by atoms with Gasteiger partial charge >= 0.3 is 6.09 Å². The molecule has 8 heteroatoms. The van der Waals surface area contributed by atoms with Crippen LogP contribution in [0.15, 0.2) is 42.9 Å². The van der Waals surface area contributed by atoms with E-state index in [1.807, 2.05) is 51.4 Å². The maximum atomic E-state index is 14.2. The minimum absolute atomic E-state index is 0.0328. The summed E-state index contributed by atoms with van der Waals surface area (Å²) in [5, 5.41) is 0.996. The molecule has 0 N–H and O–H groups in total. The lowest BCUT2D eigenvalue weighted by Gasteiger charge is -2.24. The highest BCUT2D eigenvalue weighted by atomic mass is 19.1. The van der Waals surface area contributed by atoms with Crippen LogP contribution < -0.4 is 0 Å². The summed E-state index contributed by atoms with van der Waals surface area (Å²) in [5.74, 6) is -0.613. The van der Waals surface area contributed by atoms with Crippen LogP contribution in [0.1, 0.15) is 62.9 Å². The highest BCUT2D eigenvalue weighted by Crippen LogP contribution is 2.36. The summed E-state index contributed by atoms with van der Waals surface area (Å²) in [5.41, 5.74) is 2.22. The van der Waals surface area contributed by atoms with Crippen LogP contribution in [0.3, 0.4) is 0 Å².